The molecule has 0 atom stereocenters. The van der Waals surface area contributed by atoms with Crippen LogP contribution in [0.2, 0.25) is 0 Å². The second-order valence-corrected chi connectivity index (χ2v) is 4.75. The average molecular weight is 286 g/mol. The number of rotatable bonds is 6. The van der Waals surface area contributed by atoms with Crippen molar-refractivity contribution in [3.8, 4) is 23.0 Å². The van der Waals surface area contributed by atoms with Crippen molar-refractivity contribution in [2.75, 3.05) is 7.11 Å². The fourth-order valence-electron chi connectivity index (χ4n) is 1.86. The first-order chi connectivity index (χ1) is 10.1. The lowest BCUT2D eigenvalue weighted by Gasteiger charge is -2.18. The van der Waals surface area contributed by atoms with Crippen molar-refractivity contribution in [2.24, 2.45) is 0 Å². The van der Waals surface area contributed by atoms with Crippen LogP contribution in [0.5, 0.6) is 23.0 Å². The van der Waals surface area contributed by atoms with Crippen molar-refractivity contribution in [3.05, 3.63) is 48.0 Å². The molecular weight excluding hydrogens is 268 g/mol. The van der Waals surface area contributed by atoms with Crippen molar-refractivity contribution in [1.29, 1.82) is 0 Å². The SMILES string of the molecule is COc1cc(C=O)cc(Oc2ccccc2)c1OC(C)C. The molecule has 0 saturated heterocycles. The topological polar surface area (TPSA) is 44.8 Å². The Bertz CT molecular complexity index is 606. The van der Waals surface area contributed by atoms with Gasteiger partial charge < -0.3 is 14.2 Å². The molecule has 0 unspecified atom stereocenters. The zero-order valence-electron chi connectivity index (χ0n) is 12.3. The molecule has 0 aliphatic heterocycles. The molecule has 0 fully saturated rings. The van der Waals surface area contributed by atoms with Gasteiger partial charge in [-0.1, -0.05) is 18.2 Å². The van der Waals surface area contributed by atoms with Crippen LogP contribution in [0, 0.1) is 0 Å². The van der Waals surface area contributed by atoms with E-state index in [2.05, 4.69) is 0 Å². The number of hydrogen-bond donors (Lipinski definition) is 0. The lowest BCUT2D eigenvalue weighted by Crippen LogP contribution is -2.08. The second kappa shape index (κ2) is 6.79. The van der Waals surface area contributed by atoms with Crippen molar-refractivity contribution >= 4 is 6.29 Å². The Hall–Kier alpha value is -2.49. The molecule has 0 N–H and O–H groups in total. The third kappa shape index (κ3) is 3.75. The maximum absolute atomic E-state index is 11.1. The summed E-state index contributed by atoms with van der Waals surface area (Å²) in [6.07, 6.45) is 0.707. The maximum atomic E-state index is 11.1. The van der Waals surface area contributed by atoms with Gasteiger partial charge in [0.1, 0.15) is 12.0 Å². The fourth-order valence-corrected chi connectivity index (χ4v) is 1.86. The van der Waals surface area contributed by atoms with Crippen LogP contribution in [0.3, 0.4) is 0 Å². The molecule has 21 heavy (non-hydrogen) atoms. The first kappa shape index (κ1) is 14.9. The average Bonchev–Trinajstić information content (AvgIpc) is 2.49. The Labute approximate surface area is 124 Å². The number of aldehydes is 1. The van der Waals surface area contributed by atoms with Gasteiger partial charge in [0.15, 0.2) is 11.5 Å². The minimum absolute atomic E-state index is 0.0425. The van der Waals surface area contributed by atoms with Crippen LogP contribution < -0.4 is 14.2 Å². The first-order valence-electron chi connectivity index (χ1n) is 6.70. The van der Waals surface area contributed by atoms with Crippen molar-refractivity contribution in [2.45, 2.75) is 20.0 Å². The standard InChI is InChI=1S/C17H18O4/c1-12(2)20-17-15(19-3)9-13(11-18)10-16(17)21-14-7-5-4-6-8-14/h4-12H,1-3H3. The zero-order valence-corrected chi connectivity index (χ0v) is 12.3. The summed E-state index contributed by atoms with van der Waals surface area (Å²) in [5, 5.41) is 0. The predicted molar refractivity (Wildman–Crippen MR) is 80.7 cm³/mol. The molecule has 0 amide bonds. The number of methoxy groups -OCH3 is 1. The minimum Gasteiger partial charge on any atom is -0.493 e. The first-order valence-corrected chi connectivity index (χ1v) is 6.70. The number of ether oxygens (including phenoxy) is 3. The van der Waals surface area contributed by atoms with Crippen LogP contribution in [0.15, 0.2) is 42.5 Å². The normalized spacial score (nSPS) is 10.3. The molecule has 0 heterocycles. The summed E-state index contributed by atoms with van der Waals surface area (Å²) in [7, 11) is 1.53. The van der Waals surface area contributed by atoms with Gasteiger partial charge in [0, 0.05) is 5.56 Å². The monoisotopic (exact) mass is 286 g/mol. The van der Waals surface area contributed by atoms with Gasteiger partial charge in [0.2, 0.25) is 5.75 Å². The van der Waals surface area contributed by atoms with Crippen LogP contribution in [0.25, 0.3) is 0 Å². The van der Waals surface area contributed by atoms with Crippen molar-refractivity contribution in [3.63, 3.8) is 0 Å². The van der Waals surface area contributed by atoms with Crippen LogP contribution >= 0.6 is 0 Å². The van der Waals surface area contributed by atoms with E-state index >= 15 is 0 Å². The summed E-state index contributed by atoms with van der Waals surface area (Å²) in [4.78, 5) is 11.1. The lowest BCUT2D eigenvalue weighted by atomic mass is 10.2. The molecule has 0 aliphatic rings. The molecule has 110 valence electrons. The van der Waals surface area contributed by atoms with Crippen molar-refractivity contribution < 1.29 is 19.0 Å². The smallest absolute Gasteiger partial charge is 0.204 e. The summed E-state index contributed by atoms with van der Waals surface area (Å²) in [6, 6.07) is 12.6. The van der Waals surface area contributed by atoms with Gasteiger partial charge in [-0.3, -0.25) is 4.79 Å². The predicted octanol–water partition coefficient (Wildman–Crippen LogP) is 4.09. The van der Waals surface area contributed by atoms with Gasteiger partial charge in [-0.05, 0) is 38.1 Å². The van der Waals surface area contributed by atoms with E-state index in [0.717, 1.165) is 6.29 Å². The third-order valence-electron chi connectivity index (χ3n) is 2.72. The molecule has 4 nitrogen and oxygen atoms in total. The minimum atomic E-state index is -0.0425. The number of para-hydroxylation sites is 1. The molecule has 2 rings (SSSR count). The molecule has 2 aromatic carbocycles. The number of benzene rings is 2. The Kier molecular flexibility index (Phi) is 4.82. The van der Waals surface area contributed by atoms with Gasteiger partial charge >= 0.3 is 0 Å². The molecule has 0 spiro atoms. The zero-order chi connectivity index (χ0) is 15.2. The maximum Gasteiger partial charge on any atom is 0.204 e. The van der Waals surface area contributed by atoms with Gasteiger partial charge in [-0.15, -0.1) is 0 Å². The number of carbonyl (C=O) groups excluding carboxylic acids is 1. The molecule has 0 radical (unpaired) electrons. The Balaban J connectivity index is 2.47. The van der Waals surface area contributed by atoms with E-state index in [9.17, 15) is 4.79 Å². The summed E-state index contributed by atoms with van der Waals surface area (Å²) in [5.74, 6) is 2.08. The summed E-state index contributed by atoms with van der Waals surface area (Å²) in [5.41, 5.74) is 0.467. The highest BCUT2D eigenvalue weighted by Gasteiger charge is 2.16. The van der Waals surface area contributed by atoms with E-state index in [1.165, 1.54) is 7.11 Å². The molecule has 0 aliphatic carbocycles. The van der Waals surface area contributed by atoms with E-state index in [-0.39, 0.29) is 6.10 Å². The Morgan fingerprint density at radius 2 is 1.71 bits per heavy atom. The molecule has 4 heteroatoms. The van der Waals surface area contributed by atoms with Gasteiger partial charge in [-0.2, -0.15) is 0 Å². The molecule has 2 aromatic rings. The summed E-state index contributed by atoms with van der Waals surface area (Å²) < 4.78 is 16.9. The van der Waals surface area contributed by atoms with Gasteiger partial charge in [0.25, 0.3) is 0 Å². The number of hydrogen-bond acceptors (Lipinski definition) is 4. The fraction of sp³-hybridized carbons (Fsp3) is 0.235. The van der Waals surface area contributed by atoms with E-state index < -0.39 is 0 Å². The third-order valence-corrected chi connectivity index (χ3v) is 2.72. The highest BCUT2D eigenvalue weighted by Crippen LogP contribution is 2.41. The van der Waals surface area contributed by atoms with E-state index in [1.807, 2.05) is 44.2 Å². The summed E-state index contributed by atoms with van der Waals surface area (Å²) >= 11 is 0. The Morgan fingerprint density at radius 3 is 2.29 bits per heavy atom. The second-order valence-electron chi connectivity index (χ2n) is 4.75. The van der Waals surface area contributed by atoms with Crippen LogP contribution in [0.4, 0.5) is 0 Å². The van der Waals surface area contributed by atoms with Crippen LogP contribution in [0.1, 0.15) is 24.2 Å². The van der Waals surface area contributed by atoms with Crippen molar-refractivity contribution in [1.82, 2.24) is 0 Å². The Morgan fingerprint density at radius 1 is 1.05 bits per heavy atom. The molecule has 0 saturated carbocycles. The largest absolute Gasteiger partial charge is 0.493 e. The summed E-state index contributed by atoms with van der Waals surface area (Å²) in [6.45, 7) is 3.83. The van der Waals surface area contributed by atoms with E-state index in [0.29, 0.717) is 28.6 Å². The highest BCUT2D eigenvalue weighted by molar-refractivity contribution is 5.78. The van der Waals surface area contributed by atoms with Crippen LogP contribution in [-0.2, 0) is 0 Å². The quantitative estimate of drug-likeness (QED) is 0.750. The van der Waals surface area contributed by atoms with Crippen LogP contribution in [-0.4, -0.2) is 19.5 Å². The van der Waals surface area contributed by atoms with Gasteiger partial charge in [-0.25, -0.2) is 0 Å². The molecular formula is C17H18O4. The molecule has 0 bridgehead atoms. The van der Waals surface area contributed by atoms with E-state index in [4.69, 9.17) is 14.2 Å². The van der Waals surface area contributed by atoms with E-state index in [1.54, 1.807) is 12.1 Å². The highest BCUT2D eigenvalue weighted by atomic mass is 16.5. The lowest BCUT2D eigenvalue weighted by molar-refractivity contribution is 0.112. The molecule has 0 aromatic heterocycles. The van der Waals surface area contributed by atoms with Gasteiger partial charge in [0.05, 0.1) is 13.2 Å². The number of carbonyl (C=O) groups is 1.